The summed E-state index contributed by atoms with van der Waals surface area (Å²) >= 11 is 0. The summed E-state index contributed by atoms with van der Waals surface area (Å²) in [5.41, 5.74) is 3.25. The fraction of sp³-hybridized carbons (Fsp3) is 0.588. The van der Waals surface area contributed by atoms with Crippen molar-refractivity contribution >= 4 is 5.78 Å². The first-order valence-corrected chi connectivity index (χ1v) is 6.93. The molecule has 0 aliphatic carbocycles. The number of benzene rings is 1. The first-order chi connectivity index (χ1) is 8.61. The summed E-state index contributed by atoms with van der Waals surface area (Å²) in [5, 5.41) is 0. The lowest BCUT2D eigenvalue weighted by atomic mass is 9.93. The Labute approximate surface area is 117 Å². The van der Waals surface area contributed by atoms with E-state index in [1.165, 1.54) is 0 Å². The second-order valence-electron chi connectivity index (χ2n) is 6.83. The van der Waals surface area contributed by atoms with Crippen LogP contribution in [-0.2, 0) is 0 Å². The lowest BCUT2D eigenvalue weighted by molar-refractivity contribution is 0.0830. The van der Waals surface area contributed by atoms with Gasteiger partial charge in [0.1, 0.15) is 0 Å². The molecule has 1 aromatic rings. The molecule has 1 rings (SSSR count). The van der Waals surface area contributed by atoms with Crippen molar-refractivity contribution in [1.29, 1.82) is 0 Å². The minimum atomic E-state index is -0.0836. The maximum absolute atomic E-state index is 12.6. The van der Waals surface area contributed by atoms with Crippen molar-refractivity contribution in [2.45, 2.75) is 47.6 Å². The van der Waals surface area contributed by atoms with E-state index in [0.717, 1.165) is 23.2 Å². The van der Waals surface area contributed by atoms with Crippen molar-refractivity contribution in [3.8, 4) is 0 Å². The number of nitrogens with zero attached hydrogens (tertiary/aromatic N) is 1. The van der Waals surface area contributed by atoms with E-state index in [1.54, 1.807) is 0 Å². The Morgan fingerprint density at radius 3 is 2.37 bits per heavy atom. The summed E-state index contributed by atoms with van der Waals surface area (Å²) in [5.74, 6) is 0.216. The van der Waals surface area contributed by atoms with Crippen LogP contribution >= 0.6 is 0 Å². The van der Waals surface area contributed by atoms with Gasteiger partial charge in [-0.2, -0.15) is 0 Å². The third-order valence-electron chi connectivity index (χ3n) is 3.42. The molecule has 1 aromatic carbocycles. The Kier molecular flexibility index (Phi) is 4.92. The molecule has 0 saturated heterocycles. The largest absolute Gasteiger partial charge is 0.296 e. The summed E-state index contributed by atoms with van der Waals surface area (Å²) in [6.07, 6.45) is 0. The molecular weight excluding hydrogens is 234 g/mol. The zero-order chi connectivity index (χ0) is 14.8. The number of hydrogen-bond donors (Lipinski definition) is 0. The molecule has 0 saturated carbocycles. The minimum absolute atomic E-state index is 0.0836. The molecule has 0 amide bonds. The van der Waals surface area contributed by atoms with Crippen LogP contribution in [0.4, 0.5) is 0 Å². The fourth-order valence-electron chi connectivity index (χ4n) is 2.31. The predicted octanol–water partition coefficient (Wildman–Crippen LogP) is 3.85. The topological polar surface area (TPSA) is 20.3 Å². The maximum atomic E-state index is 12.6. The van der Waals surface area contributed by atoms with E-state index >= 15 is 0 Å². The van der Waals surface area contributed by atoms with E-state index in [9.17, 15) is 4.79 Å². The first-order valence-electron chi connectivity index (χ1n) is 6.93. The van der Waals surface area contributed by atoms with Crippen LogP contribution in [0.1, 0.15) is 49.2 Å². The van der Waals surface area contributed by atoms with E-state index in [0.29, 0.717) is 0 Å². The van der Waals surface area contributed by atoms with Crippen LogP contribution in [0.25, 0.3) is 0 Å². The number of aryl methyl sites for hydroxylation is 2. The Morgan fingerprint density at radius 2 is 1.84 bits per heavy atom. The highest BCUT2D eigenvalue weighted by Crippen LogP contribution is 2.19. The second kappa shape index (κ2) is 5.87. The zero-order valence-corrected chi connectivity index (χ0v) is 13.4. The lowest BCUT2D eigenvalue weighted by Gasteiger charge is -2.30. The molecule has 1 unspecified atom stereocenters. The van der Waals surface area contributed by atoms with Crippen LogP contribution in [0.15, 0.2) is 18.2 Å². The summed E-state index contributed by atoms with van der Waals surface area (Å²) < 4.78 is 0. The van der Waals surface area contributed by atoms with Gasteiger partial charge in [0.15, 0.2) is 5.78 Å². The lowest BCUT2D eigenvalue weighted by Crippen LogP contribution is -2.41. The third kappa shape index (κ3) is 4.46. The van der Waals surface area contributed by atoms with E-state index in [-0.39, 0.29) is 17.2 Å². The van der Waals surface area contributed by atoms with Gasteiger partial charge in [-0.25, -0.2) is 0 Å². The molecular formula is C17H27NO. The summed E-state index contributed by atoms with van der Waals surface area (Å²) in [4.78, 5) is 14.7. The molecule has 0 N–H and O–H groups in total. The SMILES string of the molecule is Cc1ccc(C)c(C(=O)C(C)N(C)CC(C)(C)C)c1. The van der Waals surface area contributed by atoms with Gasteiger partial charge in [0.25, 0.3) is 0 Å². The quantitative estimate of drug-likeness (QED) is 0.767. The molecule has 0 aromatic heterocycles. The normalized spacial score (nSPS) is 13.7. The average molecular weight is 261 g/mol. The van der Waals surface area contributed by atoms with Crippen LogP contribution in [0, 0.1) is 19.3 Å². The van der Waals surface area contributed by atoms with Gasteiger partial charge in [0.05, 0.1) is 6.04 Å². The van der Waals surface area contributed by atoms with Crippen molar-refractivity contribution in [3.63, 3.8) is 0 Å². The number of rotatable bonds is 4. The van der Waals surface area contributed by atoms with Crippen molar-refractivity contribution < 1.29 is 4.79 Å². The number of Topliss-reactive ketones (excluding diaryl/α,β-unsaturated/α-hetero) is 1. The number of ketones is 1. The van der Waals surface area contributed by atoms with E-state index < -0.39 is 0 Å². The van der Waals surface area contributed by atoms with Gasteiger partial charge in [-0.05, 0) is 44.9 Å². The molecule has 0 aliphatic heterocycles. The molecule has 1 atom stereocenters. The Bertz CT molecular complexity index is 457. The Morgan fingerprint density at radius 1 is 1.26 bits per heavy atom. The fourth-order valence-corrected chi connectivity index (χ4v) is 2.31. The van der Waals surface area contributed by atoms with Gasteiger partial charge < -0.3 is 0 Å². The van der Waals surface area contributed by atoms with Crippen molar-refractivity contribution in [3.05, 3.63) is 34.9 Å². The number of carbonyl (C=O) groups excluding carboxylic acids is 1. The van der Waals surface area contributed by atoms with Crippen LogP contribution in [0.2, 0.25) is 0 Å². The average Bonchev–Trinajstić information content (AvgIpc) is 2.28. The molecule has 0 bridgehead atoms. The van der Waals surface area contributed by atoms with Gasteiger partial charge >= 0.3 is 0 Å². The van der Waals surface area contributed by atoms with Crippen LogP contribution in [0.5, 0.6) is 0 Å². The molecule has 106 valence electrons. The van der Waals surface area contributed by atoms with Gasteiger partial charge in [-0.1, -0.05) is 38.5 Å². The number of carbonyl (C=O) groups is 1. The van der Waals surface area contributed by atoms with E-state index in [4.69, 9.17) is 0 Å². The van der Waals surface area contributed by atoms with Crippen molar-refractivity contribution in [2.75, 3.05) is 13.6 Å². The smallest absolute Gasteiger partial charge is 0.179 e. The second-order valence-corrected chi connectivity index (χ2v) is 6.83. The zero-order valence-electron chi connectivity index (χ0n) is 13.4. The van der Waals surface area contributed by atoms with Gasteiger partial charge in [0, 0.05) is 12.1 Å². The molecule has 0 fully saturated rings. The van der Waals surface area contributed by atoms with E-state index in [2.05, 4.69) is 31.7 Å². The molecule has 0 heterocycles. The third-order valence-corrected chi connectivity index (χ3v) is 3.42. The minimum Gasteiger partial charge on any atom is -0.296 e. The monoisotopic (exact) mass is 261 g/mol. The molecule has 0 radical (unpaired) electrons. The van der Waals surface area contributed by atoms with Gasteiger partial charge in [0.2, 0.25) is 0 Å². The summed E-state index contributed by atoms with van der Waals surface area (Å²) in [7, 11) is 2.03. The Balaban J connectivity index is 2.90. The van der Waals surface area contributed by atoms with Gasteiger partial charge in [-0.3, -0.25) is 9.69 Å². The number of hydrogen-bond acceptors (Lipinski definition) is 2. The Hall–Kier alpha value is -1.15. The highest BCUT2D eigenvalue weighted by atomic mass is 16.1. The van der Waals surface area contributed by atoms with Crippen molar-refractivity contribution in [1.82, 2.24) is 4.90 Å². The molecule has 0 spiro atoms. The molecule has 0 aliphatic rings. The molecule has 19 heavy (non-hydrogen) atoms. The van der Waals surface area contributed by atoms with Crippen LogP contribution in [-0.4, -0.2) is 30.3 Å². The number of likely N-dealkylation sites (N-methyl/N-ethyl adjacent to an activating group) is 1. The highest BCUT2D eigenvalue weighted by molar-refractivity contribution is 6.01. The standard InChI is InChI=1S/C17H27NO/c1-12-8-9-13(2)15(10-12)16(19)14(3)18(7)11-17(4,5)6/h8-10,14H,11H2,1-7H3. The molecule has 2 heteroatoms. The van der Waals surface area contributed by atoms with Crippen molar-refractivity contribution in [2.24, 2.45) is 5.41 Å². The summed E-state index contributed by atoms with van der Waals surface area (Å²) in [6.45, 7) is 13.5. The highest BCUT2D eigenvalue weighted by Gasteiger charge is 2.24. The van der Waals surface area contributed by atoms with Gasteiger partial charge in [-0.15, -0.1) is 0 Å². The van der Waals surface area contributed by atoms with E-state index in [1.807, 2.05) is 40.0 Å². The van der Waals surface area contributed by atoms with Crippen LogP contribution in [0.3, 0.4) is 0 Å². The maximum Gasteiger partial charge on any atom is 0.179 e. The van der Waals surface area contributed by atoms with Crippen LogP contribution < -0.4 is 0 Å². The predicted molar refractivity (Wildman–Crippen MR) is 81.8 cm³/mol. The summed E-state index contributed by atoms with van der Waals surface area (Å²) in [6, 6.07) is 5.99. The molecule has 2 nitrogen and oxygen atoms in total. The first kappa shape index (κ1) is 15.9.